The van der Waals surface area contributed by atoms with Crippen molar-refractivity contribution >= 4 is 0 Å². The third kappa shape index (κ3) is 1.14. The van der Waals surface area contributed by atoms with Crippen LogP contribution in [0.5, 0.6) is 0 Å². The molecule has 6 saturated carbocycles. The van der Waals surface area contributed by atoms with Crippen molar-refractivity contribution in [3.05, 3.63) is 12.2 Å². The molecule has 0 heteroatoms. The zero-order valence-corrected chi connectivity index (χ0v) is 13.0. The van der Waals surface area contributed by atoms with Gasteiger partial charge in [-0.1, -0.05) is 18.6 Å². The van der Waals surface area contributed by atoms with Crippen LogP contribution in [0.2, 0.25) is 0 Å². The number of rotatable bonds is 0. The molecule has 0 amide bonds. The van der Waals surface area contributed by atoms with Gasteiger partial charge in [0.2, 0.25) is 0 Å². The van der Waals surface area contributed by atoms with E-state index in [1.807, 2.05) is 0 Å². The van der Waals surface area contributed by atoms with Crippen LogP contribution >= 0.6 is 0 Å². The summed E-state index contributed by atoms with van der Waals surface area (Å²) in [6.07, 6.45) is 16.7. The summed E-state index contributed by atoms with van der Waals surface area (Å²) >= 11 is 0. The standard InChI is InChI=1S/C21H28/c1-2-12-5-10(1)6-14-8-17-19(12)21-18-13-4-3-11(7-13)15(18)9-16(14)20(17)21/h3-4,10-21H,1-2,5-9H2. The van der Waals surface area contributed by atoms with E-state index in [0.29, 0.717) is 0 Å². The molecule has 12 unspecified atom stereocenters. The first-order valence-corrected chi connectivity index (χ1v) is 10.1. The Morgan fingerprint density at radius 2 is 1.43 bits per heavy atom. The summed E-state index contributed by atoms with van der Waals surface area (Å²) in [7, 11) is 0. The summed E-state index contributed by atoms with van der Waals surface area (Å²) in [5.41, 5.74) is 0. The highest BCUT2D eigenvalue weighted by molar-refractivity contribution is 5.23. The van der Waals surface area contributed by atoms with Crippen molar-refractivity contribution in [2.75, 3.05) is 0 Å². The molecule has 0 nitrogen and oxygen atoms in total. The molecule has 0 aromatic heterocycles. The maximum absolute atomic E-state index is 2.65. The quantitative estimate of drug-likeness (QED) is 0.561. The molecule has 0 aliphatic heterocycles. The van der Waals surface area contributed by atoms with Gasteiger partial charge in [-0.15, -0.1) is 0 Å². The molecule has 12 atom stereocenters. The van der Waals surface area contributed by atoms with Gasteiger partial charge in [0.25, 0.3) is 0 Å². The molecule has 6 fully saturated rings. The highest BCUT2D eigenvalue weighted by Gasteiger charge is 2.70. The minimum absolute atomic E-state index is 1.01. The second kappa shape index (κ2) is 3.46. The molecule has 112 valence electrons. The Balaban J connectivity index is 1.38. The van der Waals surface area contributed by atoms with Gasteiger partial charge in [-0.25, -0.2) is 0 Å². The molecule has 0 radical (unpaired) electrons. The lowest BCUT2D eigenvalue weighted by molar-refractivity contribution is -0.137. The number of hydrogen-bond acceptors (Lipinski definition) is 0. The molecule has 0 aromatic rings. The fraction of sp³-hybridized carbons (Fsp3) is 0.905. The Labute approximate surface area is 128 Å². The molecular formula is C21H28. The van der Waals surface area contributed by atoms with E-state index in [0.717, 1.165) is 29.6 Å². The third-order valence-electron chi connectivity index (χ3n) is 9.99. The molecule has 0 spiro atoms. The second-order valence-electron chi connectivity index (χ2n) is 10.2. The van der Waals surface area contributed by atoms with E-state index >= 15 is 0 Å². The lowest BCUT2D eigenvalue weighted by Crippen LogP contribution is -2.57. The summed E-state index contributed by atoms with van der Waals surface area (Å²) in [6, 6.07) is 0. The van der Waals surface area contributed by atoms with E-state index < -0.39 is 0 Å². The van der Waals surface area contributed by atoms with Crippen molar-refractivity contribution in [1.29, 1.82) is 0 Å². The van der Waals surface area contributed by atoms with Gasteiger partial charge in [-0.3, -0.25) is 0 Å². The molecule has 7 rings (SSSR count). The fourth-order valence-electron chi connectivity index (χ4n) is 9.78. The maximum atomic E-state index is 2.65. The summed E-state index contributed by atoms with van der Waals surface area (Å²) < 4.78 is 0. The Bertz CT molecular complexity index is 528. The number of hydrogen-bond donors (Lipinski definition) is 0. The van der Waals surface area contributed by atoms with Gasteiger partial charge in [0.1, 0.15) is 0 Å². The zero-order chi connectivity index (χ0) is 13.3. The summed E-state index contributed by atoms with van der Waals surface area (Å²) in [5, 5.41) is 0. The van der Waals surface area contributed by atoms with Gasteiger partial charge >= 0.3 is 0 Å². The van der Waals surface area contributed by atoms with Crippen LogP contribution in [0.1, 0.15) is 44.9 Å². The number of fused-ring (bicyclic) bond motifs is 12. The van der Waals surface area contributed by atoms with Crippen molar-refractivity contribution in [1.82, 2.24) is 0 Å². The average Bonchev–Trinajstić information content (AvgIpc) is 3.20. The molecule has 21 heavy (non-hydrogen) atoms. The van der Waals surface area contributed by atoms with Gasteiger partial charge in [0.15, 0.2) is 0 Å². The molecule has 0 heterocycles. The SMILES string of the molecule is C1=CC2CC1C1CC3C4CC5CCC(C5)C5C(C4)C3C5C21. The van der Waals surface area contributed by atoms with Gasteiger partial charge < -0.3 is 0 Å². The molecule has 0 aromatic carbocycles. The van der Waals surface area contributed by atoms with Crippen LogP contribution in [-0.4, -0.2) is 0 Å². The van der Waals surface area contributed by atoms with E-state index in [9.17, 15) is 0 Å². The topological polar surface area (TPSA) is 0 Å². The highest BCUT2D eigenvalue weighted by atomic mass is 14.7. The average molecular weight is 280 g/mol. The van der Waals surface area contributed by atoms with Gasteiger partial charge in [0, 0.05) is 0 Å². The lowest BCUT2D eigenvalue weighted by Gasteiger charge is -2.62. The number of allylic oxidation sites excluding steroid dienone is 2. The van der Waals surface area contributed by atoms with Crippen LogP contribution in [0.15, 0.2) is 12.2 Å². The second-order valence-corrected chi connectivity index (χ2v) is 10.2. The molecule has 7 aliphatic rings. The predicted octanol–water partition coefficient (Wildman–Crippen LogP) is 4.76. The zero-order valence-electron chi connectivity index (χ0n) is 13.0. The molecule has 0 saturated heterocycles. The minimum Gasteiger partial charge on any atom is -0.0848 e. The predicted molar refractivity (Wildman–Crippen MR) is 83.3 cm³/mol. The first-order chi connectivity index (χ1) is 10.4. The first kappa shape index (κ1) is 11.3. The molecule has 0 N–H and O–H groups in total. The van der Waals surface area contributed by atoms with E-state index in [-0.39, 0.29) is 0 Å². The largest absolute Gasteiger partial charge is 0.0848 e. The van der Waals surface area contributed by atoms with Crippen LogP contribution in [0.3, 0.4) is 0 Å². The lowest BCUT2D eigenvalue weighted by atomic mass is 9.43. The molecular weight excluding hydrogens is 252 g/mol. The third-order valence-corrected chi connectivity index (χ3v) is 9.99. The van der Waals surface area contributed by atoms with Crippen LogP contribution in [0, 0.1) is 71.0 Å². The van der Waals surface area contributed by atoms with Crippen LogP contribution in [0.4, 0.5) is 0 Å². The van der Waals surface area contributed by atoms with Gasteiger partial charge in [0.05, 0.1) is 0 Å². The van der Waals surface area contributed by atoms with Gasteiger partial charge in [-0.05, 0) is 110 Å². The van der Waals surface area contributed by atoms with Gasteiger partial charge in [-0.2, -0.15) is 0 Å². The first-order valence-electron chi connectivity index (χ1n) is 10.1. The van der Waals surface area contributed by atoms with Crippen molar-refractivity contribution in [3.63, 3.8) is 0 Å². The molecule has 7 aliphatic carbocycles. The smallest absolute Gasteiger partial charge is 0.0194 e. The van der Waals surface area contributed by atoms with Crippen molar-refractivity contribution < 1.29 is 0 Å². The van der Waals surface area contributed by atoms with Crippen molar-refractivity contribution in [2.24, 2.45) is 71.0 Å². The maximum Gasteiger partial charge on any atom is -0.0194 e. The van der Waals surface area contributed by atoms with Crippen molar-refractivity contribution in [3.8, 4) is 0 Å². The minimum atomic E-state index is 1.01. The normalized spacial score (nSPS) is 71.2. The Morgan fingerprint density at radius 1 is 0.524 bits per heavy atom. The Kier molecular flexibility index (Phi) is 1.86. The molecule has 6 bridgehead atoms. The Hall–Kier alpha value is -0.260. The highest BCUT2D eigenvalue weighted by Crippen LogP contribution is 2.76. The van der Waals surface area contributed by atoms with Crippen LogP contribution in [0.25, 0.3) is 0 Å². The van der Waals surface area contributed by atoms with Crippen molar-refractivity contribution in [2.45, 2.75) is 44.9 Å². The summed E-state index contributed by atoms with van der Waals surface area (Å²) in [6.45, 7) is 0. The van der Waals surface area contributed by atoms with E-state index in [1.165, 1.54) is 41.4 Å². The van der Waals surface area contributed by atoms with Crippen LogP contribution < -0.4 is 0 Å². The van der Waals surface area contributed by atoms with E-state index in [1.54, 1.807) is 44.9 Å². The van der Waals surface area contributed by atoms with E-state index in [2.05, 4.69) is 12.2 Å². The summed E-state index contributed by atoms with van der Waals surface area (Å²) in [4.78, 5) is 0. The fourth-order valence-corrected chi connectivity index (χ4v) is 9.78. The summed E-state index contributed by atoms with van der Waals surface area (Å²) in [5.74, 6) is 13.8. The van der Waals surface area contributed by atoms with Crippen LogP contribution in [-0.2, 0) is 0 Å². The van der Waals surface area contributed by atoms with E-state index in [4.69, 9.17) is 0 Å². The monoisotopic (exact) mass is 280 g/mol. The Morgan fingerprint density at radius 3 is 2.43 bits per heavy atom.